The lowest BCUT2D eigenvalue weighted by Gasteiger charge is -2.06. The molecular formula is C9H15N5O3S. The second kappa shape index (κ2) is 6.97. The van der Waals surface area contributed by atoms with Gasteiger partial charge in [-0.3, -0.25) is 9.59 Å². The third-order valence-corrected chi connectivity index (χ3v) is 2.92. The van der Waals surface area contributed by atoms with Gasteiger partial charge in [-0.25, -0.2) is 0 Å². The summed E-state index contributed by atoms with van der Waals surface area (Å²) in [7, 11) is 1.55. The van der Waals surface area contributed by atoms with E-state index in [4.69, 9.17) is 10.6 Å². The first kappa shape index (κ1) is 14.5. The normalized spacial score (nSPS) is 10.3. The van der Waals surface area contributed by atoms with Crippen LogP contribution < -0.4 is 16.7 Å². The number of nitrogens with zero attached hydrogens (tertiary/aromatic N) is 3. The average Bonchev–Trinajstić information content (AvgIpc) is 2.35. The minimum atomic E-state index is -0.424. The summed E-state index contributed by atoms with van der Waals surface area (Å²) in [5, 5.41) is 10.2. The van der Waals surface area contributed by atoms with Crippen LogP contribution in [0.1, 0.15) is 5.69 Å². The van der Waals surface area contributed by atoms with Gasteiger partial charge in [-0.15, -0.1) is 10.2 Å². The van der Waals surface area contributed by atoms with E-state index >= 15 is 0 Å². The van der Waals surface area contributed by atoms with E-state index in [-0.39, 0.29) is 22.5 Å². The third kappa shape index (κ3) is 4.00. The molecule has 1 rings (SSSR count). The van der Waals surface area contributed by atoms with Crippen LogP contribution in [-0.2, 0) is 9.53 Å². The molecule has 0 fully saturated rings. The number of nitrogen functional groups attached to an aromatic ring is 1. The summed E-state index contributed by atoms with van der Waals surface area (Å²) >= 11 is 1.05. The molecule has 0 aliphatic carbocycles. The van der Waals surface area contributed by atoms with Gasteiger partial charge in [-0.2, -0.15) is 4.68 Å². The number of amides is 1. The lowest BCUT2D eigenvalue weighted by Crippen LogP contribution is -2.33. The van der Waals surface area contributed by atoms with Crippen molar-refractivity contribution in [2.24, 2.45) is 0 Å². The highest BCUT2D eigenvalue weighted by Gasteiger charge is 2.09. The number of hydrogen-bond donors (Lipinski definition) is 2. The van der Waals surface area contributed by atoms with Crippen LogP contribution in [0.25, 0.3) is 0 Å². The number of carbonyl (C=O) groups is 1. The molecule has 8 nitrogen and oxygen atoms in total. The Labute approximate surface area is 108 Å². The van der Waals surface area contributed by atoms with Crippen molar-refractivity contribution in [3.63, 3.8) is 0 Å². The van der Waals surface area contributed by atoms with Gasteiger partial charge in [0, 0.05) is 13.7 Å². The number of aryl methyl sites for hydroxylation is 1. The monoisotopic (exact) mass is 273 g/mol. The number of rotatable bonds is 6. The number of methoxy groups -OCH3 is 1. The Bertz CT molecular complexity index is 476. The van der Waals surface area contributed by atoms with Crippen LogP contribution in [0.15, 0.2) is 9.95 Å². The van der Waals surface area contributed by atoms with E-state index in [9.17, 15) is 9.59 Å². The molecule has 0 atom stereocenters. The summed E-state index contributed by atoms with van der Waals surface area (Å²) in [5.74, 6) is 5.44. The predicted octanol–water partition coefficient (Wildman–Crippen LogP) is -1.48. The van der Waals surface area contributed by atoms with E-state index in [1.54, 1.807) is 7.11 Å². The molecular weight excluding hydrogens is 258 g/mol. The third-order valence-electron chi connectivity index (χ3n) is 1.98. The maximum atomic E-state index is 11.4. The number of nitrogens with two attached hydrogens (primary N) is 1. The smallest absolute Gasteiger partial charge is 0.294 e. The second-order valence-corrected chi connectivity index (χ2v) is 4.32. The molecule has 0 saturated carbocycles. The van der Waals surface area contributed by atoms with E-state index in [2.05, 4.69) is 15.5 Å². The van der Waals surface area contributed by atoms with Gasteiger partial charge < -0.3 is 15.9 Å². The number of hydrogen-bond acceptors (Lipinski definition) is 7. The molecule has 0 aliphatic heterocycles. The van der Waals surface area contributed by atoms with Crippen molar-refractivity contribution in [3.05, 3.63) is 16.0 Å². The van der Waals surface area contributed by atoms with Crippen LogP contribution in [0, 0.1) is 6.92 Å². The number of nitrogens with one attached hydrogen (secondary N) is 1. The Hall–Kier alpha value is -1.61. The van der Waals surface area contributed by atoms with Crippen molar-refractivity contribution < 1.29 is 9.53 Å². The largest absolute Gasteiger partial charge is 0.383 e. The molecule has 3 N–H and O–H groups in total. The number of aromatic nitrogens is 3. The van der Waals surface area contributed by atoms with Crippen molar-refractivity contribution in [2.75, 3.05) is 31.9 Å². The van der Waals surface area contributed by atoms with E-state index in [1.807, 2.05) is 0 Å². The van der Waals surface area contributed by atoms with Gasteiger partial charge in [0.15, 0.2) is 0 Å². The fourth-order valence-electron chi connectivity index (χ4n) is 1.04. The summed E-state index contributed by atoms with van der Waals surface area (Å²) in [6, 6.07) is 0. The summed E-state index contributed by atoms with van der Waals surface area (Å²) in [4.78, 5) is 22.8. The van der Waals surface area contributed by atoms with Crippen LogP contribution in [0.4, 0.5) is 0 Å². The molecule has 18 heavy (non-hydrogen) atoms. The van der Waals surface area contributed by atoms with Crippen molar-refractivity contribution in [1.82, 2.24) is 20.2 Å². The molecule has 0 radical (unpaired) electrons. The highest BCUT2D eigenvalue weighted by molar-refractivity contribution is 7.99. The van der Waals surface area contributed by atoms with E-state index in [0.29, 0.717) is 13.2 Å². The average molecular weight is 273 g/mol. The Kier molecular flexibility index (Phi) is 5.59. The van der Waals surface area contributed by atoms with Gasteiger partial charge >= 0.3 is 0 Å². The fourth-order valence-corrected chi connectivity index (χ4v) is 1.72. The molecule has 1 aromatic heterocycles. The van der Waals surface area contributed by atoms with Crippen LogP contribution in [0.5, 0.6) is 0 Å². The quantitative estimate of drug-likeness (QED) is 0.369. The molecule has 100 valence electrons. The van der Waals surface area contributed by atoms with Gasteiger partial charge in [0.25, 0.3) is 5.56 Å². The molecule has 0 aromatic carbocycles. The number of ether oxygens (including phenoxy) is 1. The van der Waals surface area contributed by atoms with Crippen molar-refractivity contribution in [3.8, 4) is 0 Å². The zero-order chi connectivity index (χ0) is 13.5. The zero-order valence-electron chi connectivity index (χ0n) is 10.2. The van der Waals surface area contributed by atoms with Gasteiger partial charge in [0.05, 0.1) is 12.4 Å². The zero-order valence-corrected chi connectivity index (χ0v) is 11.0. The molecule has 1 heterocycles. The molecule has 0 spiro atoms. The molecule has 0 unspecified atom stereocenters. The highest BCUT2D eigenvalue weighted by atomic mass is 32.2. The van der Waals surface area contributed by atoms with Gasteiger partial charge in [-0.05, 0) is 6.92 Å². The topological polar surface area (TPSA) is 112 Å². The lowest BCUT2D eigenvalue weighted by molar-refractivity contribution is -0.118. The van der Waals surface area contributed by atoms with E-state index < -0.39 is 5.56 Å². The summed E-state index contributed by atoms with van der Waals surface area (Å²) < 4.78 is 5.68. The molecule has 0 aliphatic rings. The summed E-state index contributed by atoms with van der Waals surface area (Å²) in [5.41, 5.74) is -0.210. The van der Waals surface area contributed by atoms with E-state index in [0.717, 1.165) is 16.4 Å². The van der Waals surface area contributed by atoms with Crippen LogP contribution in [0.3, 0.4) is 0 Å². The van der Waals surface area contributed by atoms with E-state index in [1.165, 1.54) is 6.92 Å². The van der Waals surface area contributed by atoms with Gasteiger partial charge in [0.2, 0.25) is 11.1 Å². The van der Waals surface area contributed by atoms with Gasteiger partial charge in [0.1, 0.15) is 5.69 Å². The van der Waals surface area contributed by atoms with Crippen LogP contribution in [0.2, 0.25) is 0 Å². The minimum absolute atomic E-state index is 0.109. The summed E-state index contributed by atoms with van der Waals surface area (Å²) in [6.45, 7) is 2.40. The van der Waals surface area contributed by atoms with Crippen LogP contribution in [-0.4, -0.2) is 46.8 Å². The molecule has 1 amide bonds. The van der Waals surface area contributed by atoms with Gasteiger partial charge in [-0.1, -0.05) is 11.8 Å². The first-order valence-electron chi connectivity index (χ1n) is 5.16. The SMILES string of the molecule is COCCNC(=O)CSc1nnc(C)c(=O)n1N. The highest BCUT2D eigenvalue weighted by Crippen LogP contribution is 2.10. The van der Waals surface area contributed by atoms with Crippen LogP contribution >= 0.6 is 11.8 Å². The first-order valence-corrected chi connectivity index (χ1v) is 6.14. The number of carbonyl (C=O) groups excluding carboxylic acids is 1. The Morgan fingerprint density at radius 3 is 2.94 bits per heavy atom. The Morgan fingerprint density at radius 1 is 1.56 bits per heavy atom. The molecule has 1 aromatic rings. The predicted molar refractivity (Wildman–Crippen MR) is 66.8 cm³/mol. The maximum absolute atomic E-state index is 11.4. The fraction of sp³-hybridized carbons (Fsp3) is 0.556. The van der Waals surface area contributed by atoms with Crippen molar-refractivity contribution >= 4 is 17.7 Å². The van der Waals surface area contributed by atoms with Crippen molar-refractivity contribution in [1.29, 1.82) is 0 Å². The molecule has 0 bridgehead atoms. The second-order valence-electron chi connectivity index (χ2n) is 3.37. The Balaban J connectivity index is 2.51. The first-order chi connectivity index (χ1) is 8.56. The summed E-state index contributed by atoms with van der Waals surface area (Å²) in [6.07, 6.45) is 0. The maximum Gasteiger partial charge on any atom is 0.294 e. The standard InChI is InChI=1S/C9H15N5O3S/c1-6-8(16)14(10)9(13-12-6)18-5-7(15)11-3-4-17-2/h3-5,10H2,1-2H3,(H,11,15). The molecule has 9 heteroatoms. The lowest BCUT2D eigenvalue weighted by atomic mass is 10.5. The molecule has 0 saturated heterocycles. The minimum Gasteiger partial charge on any atom is -0.383 e. The number of thioether (sulfide) groups is 1. The Morgan fingerprint density at radius 2 is 2.28 bits per heavy atom. The van der Waals surface area contributed by atoms with Crippen molar-refractivity contribution in [2.45, 2.75) is 12.1 Å².